The first kappa shape index (κ1) is 17.4. The molecule has 0 unspecified atom stereocenters. The molecule has 2 heterocycles. The standard InChI is InChI=1S/C17H20ClN3O2S/c1-23-11-16(22)21-8-6-20(7-9-21)10-15-12-24-17(19-15)13-2-4-14(18)5-3-13/h2-5,12H,6-11H2,1H3. The van der Waals surface area contributed by atoms with E-state index in [1.165, 1.54) is 0 Å². The second kappa shape index (κ2) is 8.07. The smallest absolute Gasteiger partial charge is 0.248 e. The summed E-state index contributed by atoms with van der Waals surface area (Å²) in [5, 5.41) is 3.85. The number of piperazine rings is 1. The van der Waals surface area contributed by atoms with Gasteiger partial charge >= 0.3 is 0 Å². The van der Waals surface area contributed by atoms with E-state index >= 15 is 0 Å². The molecule has 1 aromatic carbocycles. The maximum absolute atomic E-state index is 11.8. The average molecular weight is 366 g/mol. The van der Waals surface area contributed by atoms with Crippen molar-refractivity contribution in [1.29, 1.82) is 0 Å². The fourth-order valence-electron chi connectivity index (χ4n) is 2.70. The number of aromatic nitrogens is 1. The number of thiazole rings is 1. The van der Waals surface area contributed by atoms with Crippen molar-refractivity contribution in [3.63, 3.8) is 0 Å². The first-order valence-electron chi connectivity index (χ1n) is 7.85. The Bertz CT molecular complexity index is 681. The minimum absolute atomic E-state index is 0.0656. The molecule has 1 saturated heterocycles. The van der Waals surface area contributed by atoms with Gasteiger partial charge in [-0.1, -0.05) is 23.7 Å². The van der Waals surface area contributed by atoms with Gasteiger partial charge in [-0.25, -0.2) is 4.98 Å². The zero-order chi connectivity index (χ0) is 16.9. The lowest BCUT2D eigenvalue weighted by Crippen LogP contribution is -2.49. The number of benzene rings is 1. The highest BCUT2D eigenvalue weighted by atomic mass is 35.5. The fourth-order valence-corrected chi connectivity index (χ4v) is 3.65. The number of hydrogen-bond acceptors (Lipinski definition) is 5. The molecule has 0 spiro atoms. The third kappa shape index (κ3) is 4.33. The molecule has 1 aliphatic rings. The number of methoxy groups -OCH3 is 1. The summed E-state index contributed by atoms with van der Waals surface area (Å²) in [6.07, 6.45) is 0. The van der Waals surface area contributed by atoms with Crippen LogP contribution in [0.15, 0.2) is 29.6 Å². The van der Waals surface area contributed by atoms with Gasteiger partial charge in [0.05, 0.1) is 5.69 Å². The molecule has 1 amide bonds. The zero-order valence-electron chi connectivity index (χ0n) is 13.6. The maximum atomic E-state index is 11.8. The van der Waals surface area contributed by atoms with Crippen LogP contribution in [0.5, 0.6) is 0 Å². The van der Waals surface area contributed by atoms with E-state index in [-0.39, 0.29) is 12.5 Å². The topological polar surface area (TPSA) is 45.7 Å². The van der Waals surface area contributed by atoms with Crippen LogP contribution in [0.25, 0.3) is 10.6 Å². The van der Waals surface area contributed by atoms with Crippen LogP contribution in [0, 0.1) is 0 Å². The van der Waals surface area contributed by atoms with Crippen LogP contribution in [0.1, 0.15) is 5.69 Å². The first-order valence-corrected chi connectivity index (χ1v) is 9.11. The highest BCUT2D eigenvalue weighted by Crippen LogP contribution is 2.25. The molecule has 0 bridgehead atoms. The van der Waals surface area contributed by atoms with Crippen LogP contribution in [0.4, 0.5) is 0 Å². The molecule has 0 radical (unpaired) electrons. The minimum Gasteiger partial charge on any atom is -0.375 e. The number of carbonyl (C=O) groups excluding carboxylic acids is 1. The van der Waals surface area contributed by atoms with E-state index in [1.54, 1.807) is 18.4 Å². The summed E-state index contributed by atoms with van der Waals surface area (Å²) in [4.78, 5) is 20.7. The summed E-state index contributed by atoms with van der Waals surface area (Å²) in [5.41, 5.74) is 2.16. The Kier molecular flexibility index (Phi) is 5.84. The quantitative estimate of drug-likeness (QED) is 0.817. The van der Waals surface area contributed by atoms with Crippen LogP contribution >= 0.6 is 22.9 Å². The maximum Gasteiger partial charge on any atom is 0.248 e. The van der Waals surface area contributed by atoms with E-state index in [4.69, 9.17) is 21.3 Å². The molecule has 1 fully saturated rings. The molecule has 24 heavy (non-hydrogen) atoms. The van der Waals surface area contributed by atoms with Gasteiger partial charge in [-0.05, 0) is 12.1 Å². The summed E-state index contributed by atoms with van der Waals surface area (Å²) in [5.74, 6) is 0.0656. The number of amides is 1. The lowest BCUT2D eigenvalue weighted by molar-refractivity contribution is -0.136. The summed E-state index contributed by atoms with van der Waals surface area (Å²) >= 11 is 7.57. The van der Waals surface area contributed by atoms with Crippen LogP contribution in [-0.4, -0.2) is 60.6 Å². The zero-order valence-corrected chi connectivity index (χ0v) is 15.1. The minimum atomic E-state index is 0.0656. The Morgan fingerprint density at radius 1 is 1.25 bits per heavy atom. The molecule has 3 rings (SSSR count). The molecule has 0 aliphatic carbocycles. The predicted octanol–water partition coefficient (Wildman–Crippen LogP) is 2.75. The monoisotopic (exact) mass is 365 g/mol. The molecule has 0 N–H and O–H groups in total. The summed E-state index contributed by atoms with van der Waals surface area (Å²) in [7, 11) is 1.55. The Hall–Kier alpha value is -1.47. The largest absolute Gasteiger partial charge is 0.375 e. The van der Waals surface area contributed by atoms with Crippen molar-refractivity contribution in [2.75, 3.05) is 39.9 Å². The Balaban J connectivity index is 1.54. The van der Waals surface area contributed by atoms with Crippen LogP contribution in [0.3, 0.4) is 0 Å². The van der Waals surface area contributed by atoms with E-state index in [1.807, 2.05) is 29.2 Å². The second-order valence-electron chi connectivity index (χ2n) is 5.74. The van der Waals surface area contributed by atoms with Crippen molar-refractivity contribution in [1.82, 2.24) is 14.8 Å². The fraction of sp³-hybridized carbons (Fsp3) is 0.412. The molecule has 5 nitrogen and oxygen atoms in total. The Morgan fingerprint density at radius 3 is 2.62 bits per heavy atom. The molecular formula is C17H20ClN3O2S. The summed E-state index contributed by atoms with van der Waals surface area (Å²) in [6.45, 7) is 4.20. The Morgan fingerprint density at radius 2 is 1.96 bits per heavy atom. The molecule has 2 aromatic rings. The normalized spacial score (nSPS) is 15.7. The highest BCUT2D eigenvalue weighted by molar-refractivity contribution is 7.13. The van der Waals surface area contributed by atoms with Gasteiger partial charge in [-0.15, -0.1) is 11.3 Å². The van der Waals surface area contributed by atoms with E-state index < -0.39 is 0 Å². The van der Waals surface area contributed by atoms with Crippen molar-refractivity contribution in [2.24, 2.45) is 0 Å². The van der Waals surface area contributed by atoms with Gasteiger partial charge in [0.25, 0.3) is 0 Å². The third-order valence-corrected chi connectivity index (χ3v) is 5.21. The van der Waals surface area contributed by atoms with Gasteiger partial charge in [0.15, 0.2) is 0 Å². The highest BCUT2D eigenvalue weighted by Gasteiger charge is 2.21. The predicted molar refractivity (Wildman–Crippen MR) is 96.3 cm³/mol. The average Bonchev–Trinajstić information content (AvgIpc) is 3.05. The number of halogens is 1. The number of hydrogen-bond donors (Lipinski definition) is 0. The molecule has 7 heteroatoms. The SMILES string of the molecule is COCC(=O)N1CCN(Cc2csc(-c3ccc(Cl)cc3)n2)CC1. The number of rotatable bonds is 5. The molecule has 1 aliphatic heterocycles. The van der Waals surface area contributed by atoms with Crippen LogP contribution < -0.4 is 0 Å². The molecule has 0 atom stereocenters. The first-order chi connectivity index (χ1) is 11.7. The lowest BCUT2D eigenvalue weighted by atomic mass is 10.2. The number of carbonyl (C=O) groups is 1. The molecule has 128 valence electrons. The van der Waals surface area contributed by atoms with E-state index in [0.717, 1.165) is 54.0 Å². The number of nitrogens with zero attached hydrogens (tertiary/aromatic N) is 3. The van der Waals surface area contributed by atoms with Crippen molar-refractivity contribution < 1.29 is 9.53 Å². The van der Waals surface area contributed by atoms with Crippen molar-refractivity contribution in [2.45, 2.75) is 6.54 Å². The molecule has 0 saturated carbocycles. The van der Waals surface area contributed by atoms with Gasteiger partial charge in [0.2, 0.25) is 5.91 Å². The second-order valence-corrected chi connectivity index (χ2v) is 7.04. The Labute approximate surface area is 150 Å². The van der Waals surface area contributed by atoms with E-state index in [2.05, 4.69) is 10.3 Å². The van der Waals surface area contributed by atoms with Gasteiger partial charge in [0, 0.05) is 55.8 Å². The van der Waals surface area contributed by atoms with E-state index in [9.17, 15) is 4.79 Å². The molecule has 1 aromatic heterocycles. The van der Waals surface area contributed by atoms with Crippen molar-refractivity contribution >= 4 is 28.8 Å². The summed E-state index contributed by atoms with van der Waals surface area (Å²) in [6, 6.07) is 7.75. The lowest BCUT2D eigenvalue weighted by Gasteiger charge is -2.34. The number of ether oxygens (including phenoxy) is 1. The summed E-state index contributed by atoms with van der Waals surface area (Å²) < 4.78 is 4.91. The van der Waals surface area contributed by atoms with Crippen LogP contribution in [0.2, 0.25) is 5.02 Å². The van der Waals surface area contributed by atoms with Gasteiger partial charge in [0.1, 0.15) is 11.6 Å². The van der Waals surface area contributed by atoms with Crippen molar-refractivity contribution in [3.05, 3.63) is 40.4 Å². The third-order valence-electron chi connectivity index (χ3n) is 4.02. The van der Waals surface area contributed by atoms with Gasteiger partial charge < -0.3 is 9.64 Å². The van der Waals surface area contributed by atoms with Gasteiger partial charge in [-0.3, -0.25) is 9.69 Å². The van der Waals surface area contributed by atoms with Crippen molar-refractivity contribution in [3.8, 4) is 10.6 Å². The van der Waals surface area contributed by atoms with Gasteiger partial charge in [-0.2, -0.15) is 0 Å². The molecular weight excluding hydrogens is 346 g/mol. The van der Waals surface area contributed by atoms with E-state index in [0.29, 0.717) is 0 Å². The van der Waals surface area contributed by atoms with Crippen LogP contribution in [-0.2, 0) is 16.1 Å².